The molecule has 1 aliphatic heterocycles. The van der Waals surface area contributed by atoms with Crippen molar-refractivity contribution >= 4 is 27.5 Å². The number of hydrogen-bond acceptors (Lipinski definition) is 4. The van der Waals surface area contributed by atoms with E-state index in [0.717, 1.165) is 24.0 Å². The molecule has 2 N–H and O–H groups in total. The highest BCUT2D eigenvalue weighted by Crippen LogP contribution is 2.24. The molecular formula is C24H31N3O4S. The first-order valence-corrected chi connectivity index (χ1v) is 12.4. The first-order valence-electron chi connectivity index (χ1n) is 10.9. The van der Waals surface area contributed by atoms with Gasteiger partial charge in [0, 0.05) is 23.8 Å². The molecule has 0 radical (unpaired) electrons. The fourth-order valence-corrected chi connectivity index (χ4v) is 4.83. The van der Waals surface area contributed by atoms with Gasteiger partial charge in [0.1, 0.15) is 6.04 Å². The Hall–Kier alpha value is -2.87. The van der Waals surface area contributed by atoms with Gasteiger partial charge in [-0.2, -0.15) is 0 Å². The van der Waals surface area contributed by atoms with Crippen LogP contribution in [0.2, 0.25) is 0 Å². The minimum Gasteiger partial charge on any atom is -0.352 e. The number of nitrogens with one attached hydrogen (secondary N) is 2. The average Bonchev–Trinajstić information content (AvgIpc) is 3.25. The molecule has 1 saturated heterocycles. The Bertz CT molecular complexity index is 1110. The van der Waals surface area contributed by atoms with Gasteiger partial charge in [-0.05, 0) is 81.5 Å². The van der Waals surface area contributed by atoms with E-state index in [1.165, 1.54) is 6.07 Å². The number of carbonyl (C=O) groups excluding carboxylic acids is 2. The summed E-state index contributed by atoms with van der Waals surface area (Å²) in [6, 6.07) is 10.9. The summed E-state index contributed by atoms with van der Waals surface area (Å²) in [6.45, 7) is 8.20. The Morgan fingerprint density at radius 2 is 1.88 bits per heavy atom. The van der Waals surface area contributed by atoms with Crippen molar-refractivity contribution in [3.63, 3.8) is 0 Å². The van der Waals surface area contributed by atoms with Crippen molar-refractivity contribution < 1.29 is 18.0 Å². The molecule has 172 valence electrons. The number of nitrogens with zero attached hydrogens (tertiary/aromatic N) is 1. The SMILES string of the molecule is CCC(C)NC(=O)C1CCCN1C(=O)c1cccc(NS(=O)(=O)c2ccc(C)c(C)c2)c1. The maximum absolute atomic E-state index is 13.2. The van der Waals surface area contributed by atoms with E-state index >= 15 is 0 Å². The van der Waals surface area contributed by atoms with Crippen LogP contribution in [0.4, 0.5) is 5.69 Å². The predicted molar refractivity (Wildman–Crippen MR) is 125 cm³/mol. The third-order valence-corrected chi connectivity index (χ3v) is 7.35. The van der Waals surface area contributed by atoms with Crippen LogP contribution in [0.15, 0.2) is 47.4 Å². The second-order valence-electron chi connectivity index (χ2n) is 8.41. The van der Waals surface area contributed by atoms with Gasteiger partial charge in [0.2, 0.25) is 5.91 Å². The number of amides is 2. The van der Waals surface area contributed by atoms with Gasteiger partial charge in [-0.25, -0.2) is 8.42 Å². The van der Waals surface area contributed by atoms with E-state index < -0.39 is 16.1 Å². The van der Waals surface area contributed by atoms with E-state index in [1.807, 2.05) is 27.7 Å². The molecule has 2 aromatic rings. The van der Waals surface area contributed by atoms with Crippen molar-refractivity contribution in [1.29, 1.82) is 0 Å². The topological polar surface area (TPSA) is 95.6 Å². The van der Waals surface area contributed by atoms with Crippen LogP contribution in [0.3, 0.4) is 0 Å². The molecule has 3 rings (SSSR count). The summed E-state index contributed by atoms with van der Waals surface area (Å²) in [5.41, 5.74) is 2.53. The van der Waals surface area contributed by atoms with E-state index in [-0.39, 0.29) is 22.8 Å². The second-order valence-corrected chi connectivity index (χ2v) is 10.1. The largest absolute Gasteiger partial charge is 0.352 e. The number of rotatable bonds is 7. The van der Waals surface area contributed by atoms with E-state index in [0.29, 0.717) is 24.2 Å². The Labute approximate surface area is 190 Å². The Morgan fingerprint density at radius 1 is 1.12 bits per heavy atom. The molecule has 0 aliphatic carbocycles. The number of benzene rings is 2. The molecule has 0 bridgehead atoms. The Kier molecular flexibility index (Phi) is 7.23. The fraction of sp³-hybridized carbons (Fsp3) is 0.417. The van der Waals surface area contributed by atoms with E-state index in [2.05, 4.69) is 10.0 Å². The molecule has 2 aromatic carbocycles. The number of anilines is 1. The van der Waals surface area contributed by atoms with Gasteiger partial charge in [0.05, 0.1) is 4.90 Å². The molecule has 0 saturated carbocycles. The maximum atomic E-state index is 13.2. The van der Waals surface area contributed by atoms with Crippen molar-refractivity contribution in [3.8, 4) is 0 Å². The van der Waals surface area contributed by atoms with Crippen molar-refractivity contribution in [1.82, 2.24) is 10.2 Å². The zero-order valence-corrected chi connectivity index (χ0v) is 19.8. The summed E-state index contributed by atoms with van der Waals surface area (Å²) in [6.07, 6.45) is 2.19. The van der Waals surface area contributed by atoms with E-state index in [1.54, 1.807) is 41.3 Å². The molecule has 7 nitrogen and oxygen atoms in total. The molecule has 8 heteroatoms. The quantitative estimate of drug-likeness (QED) is 0.664. The number of aryl methyl sites for hydroxylation is 2. The highest BCUT2D eigenvalue weighted by molar-refractivity contribution is 7.92. The third kappa shape index (κ3) is 5.30. The third-order valence-electron chi connectivity index (χ3n) is 5.97. The average molecular weight is 458 g/mol. The van der Waals surface area contributed by atoms with Crippen LogP contribution in [0, 0.1) is 13.8 Å². The zero-order valence-electron chi connectivity index (χ0n) is 19.0. The molecular weight excluding hydrogens is 426 g/mol. The summed E-state index contributed by atoms with van der Waals surface area (Å²) in [5.74, 6) is -0.421. The van der Waals surface area contributed by atoms with Crippen molar-refractivity contribution in [2.45, 2.75) is 63.9 Å². The summed E-state index contributed by atoms with van der Waals surface area (Å²) in [7, 11) is -3.79. The van der Waals surface area contributed by atoms with Gasteiger partial charge >= 0.3 is 0 Å². The van der Waals surface area contributed by atoms with Gasteiger partial charge in [0.25, 0.3) is 15.9 Å². The first-order chi connectivity index (χ1) is 15.1. The lowest BCUT2D eigenvalue weighted by molar-refractivity contribution is -0.125. The van der Waals surface area contributed by atoms with Crippen molar-refractivity contribution in [3.05, 3.63) is 59.2 Å². The van der Waals surface area contributed by atoms with Gasteiger partial charge in [0.15, 0.2) is 0 Å². The molecule has 2 atom stereocenters. The summed E-state index contributed by atoms with van der Waals surface area (Å²) < 4.78 is 28.2. The molecule has 32 heavy (non-hydrogen) atoms. The minimum absolute atomic E-state index is 0.0446. The maximum Gasteiger partial charge on any atom is 0.261 e. The first kappa shape index (κ1) is 23.8. The predicted octanol–water partition coefficient (Wildman–Crippen LogP) is 3.62. The van der Waals surface area contributed by atoms with Crippen LogP contribution in [-0.4, -0.2) is 43.8 Å². The lowest BCUT2D eigenvalue weighted by Crippen LogP contribution is -2.48. The van der Waals surface area contributed by atoms with Gasteiger partial charge < -0.3 is 10.2 Å². The highest BCUT2D eigenvalue weighted by Gasteiger charge is 2.35. The summed E-state index contributed by atoms with van der Waals surface area (Å²) in [5, 5.41) is 2.95. The second kappa shape index (κ2) is 9.73. The monoisotopic (exact) mass is 457 g/mol. The lowest BCUT2D eigenvalue weighted by Gasteiger charge is -2.25. The highest BCUT2D eigenvalue weighted by atomic mass is 32.2. The van der Waals surface area contributed by atoms with Crippen LogP contribution >= 0.6 is 0 Å². The molecule has 0 spiro atoms. The summed E-state index contributed by atoms with van der Waals surface area (Å²) >= 11 is 0. The molecule has 1 fully saturated rings. The van der Waals surface area contributed by atoms with Crippen LogP contribution in [0.1, 0.15) is 54.6 Å². The van der Waals surface area contributed by atoms with Crippen molar-refractivity contribution in [2.24, 2.45) is 0 Å². The van der Waals surface area contributed by atoms with E-state index in [4.69, 9.17) is 0 Å². The Balaban J connectivity index is 1.78. The molecule has 2 amide bonds. The Morgan fingerprint density at radius 3 is 2.56 bits per heavy atom. The summed E-state index contributed by atoms with van der Waals surface area (Å²) in [4.78, 5) is 27.5. The molecule has 1 aliphatic rings. The number of hydrogen-bond donors (Lipinski definition) is 2. The zero-order chi connectivity index (χ0) is 23.5. The molecule has 0 aromatic heterocycles. The van der Waals surface area contributed by atoms with Crippen molar-refractivity contribution in [2.75, 3.05) is 11.3 Å². The standard InChI is InChI=1S/C24H31N3O4S/c1-5-18(4)25-23(28)22-10-7-13-27(22)24(29)19-8-6-9-20(15-19)26-32(30,31)21-12-11-16(2)17(3)14-21/h6,8-9,11-12,14-15,18,22,26H,5,7,10,13H2,1-4H3,(H,25,28). The lowest BCUT2D eigenvalue weighted by atomic mass is 10.1. The van der Waals surface area contributed by atoms with Gasteiger partial charge in [-0.1, -0.05) is 19.1 Å². The number of carbonyl (C=O) groups is 2. The van der Waals surface area contributed by atoms with Crippen LogP contribution in [-0.2, 0) is 14.8 Å². The normalized spacial score (nSPS) is 17.1. The molecule has 2 unspecified atom stereocenters. The van der Waals surface area contributed by atoms with Gasteiger partial charge in [-0.3, -0.25) is 14.3 Å². The fourth-order valence-electron chi connectivity index (χ4n) is 3.70. The van der Waals surface area contributed by atoms with Crippen LogP contribution < -0.4 is 10.0 Å². The van der Waals surface area contributed by atoms with Crippen LogP contribution in [0.5, 0.6) is 0 Å². The van der Waals surface area contributed by atoms with E-state index in [9.17, 15) is 18.0 Å². The number of likely N-dealkylation sites (tertiary alicyclic amines) is 1. The smallest absolute Gasteiger partial charge is 0.261 e. The van der Waals surface area contributed by atoms with Crippen LogP contribution in [0.25, 0.3) is 0 Å². The van der Waals surface area contributed by atoms with Gasteiger partial charge in [-0.15, -0.1) is 0 Å². The number of sulfonamides is 1. The minimum atomic E-state index is -3.79. The molecule has 1 heterocycles.